The number of carbonyl (C=O) groups is 1. The van der Waals surface area contributed by atoms with E-state index in [1.54, 1.807) is 12.1 Å². The average molecular weight is 456 g/mol. The lowest BCUT2D eigenvalue weighted by atomic mass is 10.2. The van der Waals surface area contributed by atoms with Crippen molar-refractivity contribution < 1.29 is 9.21 Å². The molecule has 0 atom stereocenters. The second-order valence-electron chi connectivity index (χ2n) is 7.49. The van der Waals surface area contributed by atoms with Gasteiger partial charge in [-0.1, -0.05) is 23.2 Å². The highest BCUT2D eigenvalue weighted by Gasteiger charge is 2.16. The molecule has 0 spiro atoms. The van der Waals surface area contributed by atoms with Gasteiger partial charge in [0, 0.05) is 48.5 Å². The quantitative estimate of drug-likeness (QED) is 0.504. The molecule has 1 aliphatic rings. The molecule has 5 nitrogen and oxygen atoms in total. The molecule has 1 aliphatic heterocycles. The summed E-state index contributed by atoms with van der Waals surface area (Å²) in [4.78, 5) is 16.9. The van der Waals surface area contributed by atoms with Crippen molar-refractivity contribution in [2.75, 3.05) is 43.4 Å². The minimum atomic E-state index is -0.257. The van der Waals surface area contributed by atoms with Gasteiger partial charge in [-0.3, -0.25) is 4.79 Å². The van der Waals surface area contributed by atoms with Gasteiger partial charge in [0.15, 0.2) is 0 Å². The summed E-state index contributed by atoms with van der Waals surface area (Å²) >= 11 is 12.4. The van der Waals surface area contributed by atoms with E-state index in [1.165, 1.54) is 6.08 Å². The molecule has 160 valence electrons. The van der Waals surface area contributed by atoms with Crippen LogP contribution in [-0.4, -0.2) is 44.0 Å². The van der Waals surface area contributed by atoms with Crippen LogP contribution < -0.4 is 10.2 Å². The van der Waals surface area contributed by atoms with Gasteiger partial charge in [0.2, 0.25) is 5.91 Å². The lowest BCUT2D eigenvalue weighted by molar-refractivity contribution is -0.111. The van der Waals surface area contributed by atoms with Crippen LogP contribution in [0.5, 0.6) is 0 Å². The summed E-state index contributed by atoms with van der Waals surface area (Å²) in [6.07, 6.45) is 3.07. The molecule has 2 heterocycles. The predicted octanol–water partition coefficient (Wildman–Crippen LogP) is 5.66. The molecule has 0 aliphatic carbocycles. The van der Waals surface area contributed by atoms with Crippen LogP contribution >= 0.6 is 23.2 Å². The molecule has 0 radical (unpaired) electrons. The van der Waals surface area contributed by atoms with Gasteiger partial charge < -0.3 is 19.5 Å². The Kier molecular flexibility index (Phi) is 6.66. The Morgan fingerprint density at radius 2 is 1.74 bits per heavy atom. The molecule has 0 unspecified atom stereocenters. The fourth-order valence-corrected chi connectivity index (χ4v) is 3.87. The number of carbonyl (C=O) groups excluding carboxylic acids is 1. The van der Waals surface area contributed by atoms with Gasteiger partial charge in [0.05, 0.1) is 10.7 Å². The number of benzene rings is 2. The van der Waals surface area contributed by atoms with Crippen molar-refractivity contribution >= 4 is 46.6 Å². The number of nitrogens with zero attached hydrogens (tertiary/aromatic N) is 2. The zero-order valence-electron chi connectivity index (χ0n) is 17.1. The van der Waals surface area contributed by atoms with Gasteiger partial charge in [-0.25, -0.2) is 0 Å². The number of piperazine rings is 1. The molecule has 1 saturated heterocycles. The second-order valence-corrected chi connectivity index (χ2v) is 8.33. The molecule has 0 saturated carbocycles. The van der Waals surface area contributed by atoms with Crippen molar-refractivity contribution in [1.29, 1.82) is 0 Å². The molecular weight excluding hydrogens is 433 g/mol. The Bertz CT molecular complexity index is 1080. The van der Waals surface area contributed by atoms with Crippen molar-refractivity contribution in [2.24, 2.45) is 0 Å². The standard InChI is InChI=1S/C24H23Cl2N3O2/c1-28-12-14-29(15-13-28)22-9-6-19(16-21(22)26)27-24(30)11-8-20-7-10-23(31-20)17-2-4-18(25)5-3-17/h2-11,16H,12-15H2,1H3,(H,27,30)/b11-8+. The summed E-state index contributed by atoms with van der Waals surface area (Å²) in [6.45, 7) is 3.88. The normalized spacial score (nSPS) is 14.9. The Balaban J connectivity index is 1.37. The van der Waals surface area contributed by atoms with Crippen LogP contribution in [0.4, 0.5) is 11.4 Å². The number of anilines is 2. The minimum absolute atomic E-state index is 0.257. The summed E-state index contributed by atoms with van der Waals surface area (Å²) in [6, 6.07) is 16.7. The van der Waals surface area contributed by atoms with E-state index in [4.69, 9.17) is 27.6 Å². The predicted molar refractivity (Wildman–Crippen MR) is 128 cm³/mol. The number of hydrogen-bond acceptors (Lipinski definition) is 4. The fraction of sp³-hybridized carbons (Fsp3) is 0.208. The Morgan fingerprint density at radius 3 is 2.45 bits per heavy atom. The summed E-state index contributed by atoms with van der Waals surface area (Å²) in [5.74, 6) is 1.04. The summed E-state index contributed by atoms with van der Waals surface area (Å²) in [5.41, 5.74) is 2.57. The van der Waals surface area contributed by atoms with Gasteiger partial charge in [0.25, 0.3) is 0 Å². The summed E-state index contributed by atoms with van der Waals surface area (Å²) < 4.78 is 5.78. The maximum atomic E-state index is 12.3. The Labute approximate surface area is 191 Å². The SMILES string of the molecule is CN1CCN(c2ccc(NC(=O)/C=C/c3ccc(-c4ccc(Cl)cc4)o3)cc2Cl)CC1. The number of likely N-dealkylation sites (N-methyl/N-ethyl adjacent to an activating group) is 1. The van der Waals surface area contributed by atoms with Crippen molar-refractivity contribution in [1.82, 2.24) is 4.90 Å². The Hall–Kier alpha value is -2.73. The van der Waals surface area contributed by atoms with Crippen LogP contribution in [-0.2, 0) is 4.79 Å². The van der Waals surface area contributed by atoms with Crippen LogP contribution in [0.15, 0.2) is 65.1 Å². The molecule has 4 rings (SSSR count). The van der Waals surface area contributed by atoms with Crippen LogP contribution in [0.25, 0.3) is 17.4 Å². The van der Waals surface area contributed by atoms with Crippen LogP contribution in [0, 0.1) is 0 Å². The van der Waals surface area contributed by atoms with Crippen LogP contribution in [0.2, 0.25) is 10.0 Å². The first-order chi connectivity index (χ1) is 15.0. The summed E-state index contributed by atoms with van der Waals surface area (Å²) in [5, 5.41) is 4.14. The molecule has 2 aromatic carbocycles. The van der Waals surface area contributed by atoms with Gasteiger partial charge >= 0.3 is 0 Å². The zero-order valence-corrected chi connectivity index (χ0v) is 18.7. The van der Waals surface area contributed by atoms with Crippen LogP contribution in [0.3, 0.4) is 0 Å². The number of rotatable bonds is 5. The third kappa shape index (κ3) is 5.50. The molecule has 0 bridgehead atoms. The van der Waals surface area contributed by atoms with Crippen molar-refractivity contribution in [3.05, 3.63) is 76.5 Å². The largest absolute Gasteiger partial charge is 0.457 e. The van der Waals surface area contributed by atoms with E-state index in [-0.39, 0.29) is 5.91 Å². The molecule has 1 aromatic heterocycles. The number of nitrogens with one attached hydrogen (secondary N) is 1. The van der Waals surface area contributed by atoms with E-state index >= 15 is 0 Å². The van der Waals surface area contributed by atoms with E-state index in [0.717, 1.165) is 37.4 Å². The lowest BCUT2D eigenvalue weighted by Crippen LogP contribution is -2.44. The third-order valence-corrected chi connectivity index (χ3v) is 5.77. The number of furan rings is 1. The molecule has 3 aromatic rings. The number of hydrogen-bond donors (Lipinski definition) is 1. The van der Waals surface area contributed by atoms with Gasteiger partial charge in [-0.15, -0.1) is 0 Å². The first-order valence-electron chi connectivity index (χ1n) is 10.1. The van der Waals surface area contributed by atoms with Crippen molar-refractivity contribution in [2.45, 2.75) is 0 Å². The highest BCUT2D eigenvalue weighted by molar-refractivity contribution is 6.33. The maximum Gasteiger partial charge on any atom is 0.248 e. The Morgan fingerprint density at radius 1 is 1.00 bits per heavy atom. The second kappa shape index (κ2) is 9.60. The van der Waals surface area contributed by atoms with Gasteiger partial charge in [-0.05, 0) is 67.7 Å². The highest BCUT2D eigenvalue weighted by atomic mass is 35.5. The fourth-order valence-electron chi connectivity index (χ4n) is 3.44. The van der Waals surface area contributed by atoms with Gasteiger partial charge in [-0.2, -0.15) is 0 Å². The van der Waals surface area contributed by atoms with Crippen molar-refractivity contribution in [3.8, 4) is 11.3 Å². The maximum absolute atomic E-state index is 12.3. The molecular formula is C24H23Cl2N3O2. The molecule has 7 heteroatoms. The zero-order chi connectivity index (χ0) is 21.8. The summed E-state index contributed by atoms with van der Waals surface area (Å²) in [7, 11) is 2.12. The lowest BCUT2D eigenvalue weighted by Gasteiger charge is -2.34. The average Bonchev–Trinajstić information content (AvgIpc) is 3.23. The van der Waals surface area contributed by atoms with E-state index in [9.17, 15) is 4.79 Å². The van der Waals surface area contributed by atoms with Crippen molar-refractivity contribution in [3.63, 3.8) is 0 Å². The van der Waals surface area contributed by atoms with E-state index in [1.807, 2.05) is 48.5 Å². The third-order valence-electron chi connectivity index (χ3n) is 5.21. The smallest absolute Gasteiger partial charge is 0.248 e. The van der Waals surface area contributed by atoms with Crippen LogP contribution in [0.1, 0.15) is 5.76 Å². The minimum Gasteiger partial charge on any atom is -0.457 e. The van der Waals surface area contributed by atoms with Gasteiger partial charge in [0.1, 0.15) is 11.5 Å². The van der Waals surface area contributed by atoms with E-state index < -0.39 is 0 Å². The van der Waals surface area contributed by atoms with E-state index in [0.29, 0.717) is 27.3 Å². The monoisotopic (exact) mass is 455 g/mol. The molecule has 1 fully saturated rings. The first-order valence-corrected chi connectivity index (χ1v) is 10.8. The topological polar surface area (TPSA) is 48.7 Å². The highest BCUT2D eigenvalue weighted by Crippen LogP contribution is 2.30. The molecule has 1 N–H and O–H groups in total. The number of amides is 1. The number of halogens is 2. The first kappa shape index (κ1) is 21.5. The molecule has 31 heavy (non-hydrogen) atoms. The molecule has 1 amide bonds. The van der Waals surface area contributed by atoms with E-state index in [2.05, 4.69) is 22.2 Å².